The Labute approximate surface area is 122 Å². The molecule has 0 saturated heterocycles. The topological polar surface area (TPSA) is 12.0 Å². The van der Waals surface area contributed by atoms with Crippen molar-refractivity contribution in [2.24, 2.45) is 5.92 Å². The lowest BCUT2D eigenvalue weighted by molar-refractivity contribution is 0.541. The molecule has 0 fully saturated rings. The van der Waals surface area contributed by atoms with Gasteiger partial charge in [0, 0.05) is 16.5 Å². The van der Waals surface area contributed by atoms with Crippen LogP contribution in [0.15, 0.2) is 24.3 Å². The summed E-state index contributed by atoms with van der Waals surface area (Å²) in [6, 6.07) is 9.48. The summed E-state index contributed by atoms with van der Waals surface area (Å²) in [6.07, 6.45) is 3.88. The van der Waals surface area contributed by atoms with Crippen LogP contribution in [0.4, 0.5) is 0 Å². The number of fused-ring (bicyclic) bond motifs is 1. The molecule has 0 radical (unpaired) electrons. The van der Waals surface area contributed by atoms with Gasteiger partial charge >= 0.3 is 0 Å². The van der Waals surface area contributed by atoms with Gasteiger partial charge in [-0.3, -0.25) is 0 Å². The summed E-state index contributed by atoms with van der Waals surface area (Å²) in [5.74, 6) is 0.751. The van der Waals surface area contributed by atoms with Crippen molar-refractivity contribution in [2.75, 3.05) is 7.05 Å². The van der Waals surface area contributed by atoms with Crippen LogP contribution in [0.25, 0.3) is 0 Å². The molecule has 0 spiro atoms. The highest BCUT2D eigenvalue weighted by molar-refractivity contribution is 8.00. The smallest absolute Gasteiger partial charge is 0.0441 e. The van der Waals surface area contributed by atoms with Gasteiger partial charge in [-0.1, -0.05) is 45.0 Å². The van der Waals surface area contributed by atoms with Gasteiger partial charge in [0.1, 0.15) is 0 Å². The third kappa shape index (κ3) is 3.55. The zero-order valence-electron chi connectivity index (χ0n) is 12.6. The standard InChI is InChI=1S/C17H27NS/c1-12(2)13(3)19-16-11-7-9-14-8-5-6-10-15(14)17(16)18-4/h5-6,8,10,12-13,16-18H,7,9,11H2,1-4H3. The maximum absolute atomic E-state index is 3.57. The molecule has 0 amide bonds. The van der Waals surface area contributed by atoms with Crippen LogP contribution in [-0.4, -0.2) is 17.5 Å². The number of thioether (sulfide) groups is 1. The third-order valence-electron chi connectivity index (χ3n) is 4.34. The van der Waals surface area contributed by atoms with E-state index in [2.05, 4.69) is 69.2 Å². The second-order valence-electron chi connectivity index (χ2n) is 5.98. The van der Waals surface area contributed by atoms with Crippen LogP contribution >= 0.6 is 11.8 Å². The van der Waals surface area contributed by atoms with Crippen molar-refractivity contribution in [2.45, 2.75) is 56.6 Å². The van der Waals surface area contributed by atoms with Gasteiger partial charge in [-0.15, -0.1) is 0 Å². The summed E-state index contributed by atoms with van der Waals surface area (Å²) in [7, 11) is 2.11. The summed E-state index contributed by atoms with van der Waals surface area (Å²) in [4.78, 5) is 0. The highest BCUT2D eigenvalue weighted by Gasteiger charge is 2.28. The molecular weight excluding hydrogens is 250 g/mol. The second-order valence-corrected chi connectivity index (χ2v) is 7.60. The van der Waals surface area contributed by atoms with E-state index in [4.69, 9.17) is 0 Å². The maximum Gasteiger partial charge on any atom is 0.0441 e. The first-order valence-electron chi connectivity index (χ1n) is 7.54. The van der Waals surface area contributed by atoms with Crippen LogP contribution in [0, 0.1) is 5.92 Å². The van der Waals surface area contributed by atoms with E-state index in [1.807, 2.05) is 0 Å². The Balaban J connectivity index is 2.21. The van der Waals surface area contributed by atoms with Gasteiger partial charge < -0.3 is 5.32 Å². The fourth-order valence-electron chi connectivity index (χ4n) is 2.85. The molecule has 0 aromatic heterocycles. The predicted molar refractivity (Wildman–Crippen MR) is 86.9 cm³/mol. The second kappa shape index (κ2) is 6.81. The highest BCUT2D eigenvalue weighted by atomic mass is 32.2. The molecular formula is C17H27NS. The molecule has 0 bridgehead atoms. The first kappa shape index (κ1) is 14.9. The third-order valence-corrected chi connectivity index (χ3v) is 6.17. The van der Waals surface area contributed by atoms with E-state index in [1.54, 1.807) is 5.56 Å². The highest BCUT2D eigenvalue weighted by Crippen LogP contribution is 2.38. The molecule has 2 rings (SSSR count). The van der Waals surface area contributed by atoms with Crippen molar-refractivity contribution in [3.05, 3.63) is 35.4 Å². The SMILES string of the molecule is CNC1c2ccccc2CCCC1SC(C)C(C)C. The molecule has 3 atom stereocenters. The number of nitrogens with one attached hydrogen (secondary N) is 1. The molecule has 0 saturated carbocycles. The first-order valence-corrected chi connectivity index (χ1v) is 8.48. The van der Waals surface area contributed by atoms with E-state index in [-0.39, 0.29) is 0 Å². The van der Waals surface area contributed by atoms with Crippen LogP contribution in [0.5, 0.6) is 0 Å². The van der Waals surface area contributed by atoms with Crippen LogP contribution < -0.4 is 5.32 Å². The minimum atomic E-state index is 0.505. The Bertz CT molecular complexity index is 402. The summed E-state index contributed by atoms with van der Waals surface area (Å²) in [5.41, 5.74) is 3.07. The number of hydrogen-bond acceptors (Lipinski definition) is 2. The normalized spacial score (nSPS) is 24.9. The molecule has 1 aromatic rings. The Morgan fingerprint density at radius 3 is 2.63 bits per heavy atom. The summed E-state index contributed by atoms with van der Waals surface area (Å²) < 4.78 is 0. The molecule has 1 aliphatic rings. The fraction of sp³-hybridized carbons (Fsp3) is 0.647. The van der Waals surface area contributed by atoms with Crippen LogP contribution in [-0.2, 0) is 6.42 Å². The molecule has 19 heavy (non-hydrogen) atoms. The first-order chi connectivity index (χ1) is 9.13. The molecule has 3 unspecified atom stereocenters. The average molecular weight is 277 g/mol. The Hall–Kier alpha value is -0.470. The van der Waals surface area contributed by atoms with Crippen molar-refractivity contribution in [3.8, 4) is 0 Å². The van der Waals surface area contributed by atoms with Crippen molar-refractivity contribution in [1.82, 2.24) is 5.32 Å². The van der Waals surface area contributed by atoms with Gasteiger partial charge in [0.15, 0.2) is 0 Å². The van der Waals surface area contributed by atoms with E-state index >= 15 is 0 Å². The van der Waals surface area contributed by atoms with Crippen molar-refractivity contribution < 1.29 is 0 Å². The average Bonchev–Trinajstić information content (AvgIpc) is 2.57. The Morgan fingerprint density at radius 2 is 1.95 bits per heavy atom. The lowest BCUT2D eigenvalue weighted by Gasteiger charge is -2.29. The monoisotopic (exact) mass is 277 g/mol. The molecule has 1 aromatic carbocycles. The Kier molecular flexibility index (Phi) is 5.35. The lowest BCUT2D eigenvalue weighted by atomic mass is 9.99. The van der Waals surface area contributed by atoms with E-state index in [9.17, 15) is 0 Å². The van der Waals surface area contributed by atoms with E-state index in [1.165, 1.54) is 24.8 Å². The summed E-state index contributed by atoms with van der Waals surface area (Å²) in [5, 5.41) is 5.00. The molecule has 1 nitrogen and oxygen atoms in total. The van der Waals surface area contributed by atoms with E-state index < -0.39 is 0 Å². The molecule has 1 aliphatic carbocycles. The largest absolute Gasteiger partial charge is 0.312 e. The van der Waals surface area contributed by atoms with Gasteiger partial charge in [-0.05, 0) is 43.4 Å². The van der Waals surface area contributed by atoms with Crippen molar-refractivity contribution in [3.63, 3.8) is 0 Å². The molecule has 0 aliphatic heterocycles. The Morgan fingerprint density at radius 1 is 1.21 bits per heavy atom. The maximum atomic E-state index is 3.57. The van der Waals surface area contributed by atoms with Gasteiger partial charge in [-0.25, -0.2) is 0 Å². The fourth-order valence-corrected chi connectivity index (χ4v) is 4.46. The summed E-state index contributed by atoms with van der Waals surface area (Å²) >= 11 is 2.18. The van der Waals surface area contributed by atoms with Gasteiger partial charge in [0.05, 0.1) is 0 Å². The van der Waals surface area contributed by atoms with Gasteiger partial charge in [0.25, 0.3) is 0 Å². The minimum absolute atomic E-state index is 0.505. The van der Waals surface area contributed by atoms with Crippen LogP contribution in [0.1, 0.15) is 50.8 Å². The number of aryl methyl sites for hydroxylation is 1. The zero-order chi connectivity index (χ0) is 13.8. The summed E-state index contributed by atoms with van der Waals surface area (Å²) in [6.45, 7) is 7.03. The van der Waals surface area contributed by atoms with Crippen LogP contribution in [0.2, 0.25) is 0 Å². The zero-order valence-corrected chi connectivity index (χ0v) is 13.5. The number of rotatable bonds is 4. The molecule has 0 heterocycles. The van der Waals surface area contributed by atoms with Gasteiger partial charge in [-0.2, -0.15) is 11.8 Å². The molecule has 2 heteroatoms. The molecule has 106 valence electrons. The van der Waals surface area contributed by atoms with Crippen LogP contribution in [0.3, 0.4) is 0 Å². The minimum Gasteiger partial charge on any atom is -0.312 e. The quantitative estimate of drug-likeness (QED) is 0.817. The molecule has 1 N–H and O–H groups in total. The van der Waals surface area contributed by atoms with E-state index in [0.717, 1.165) is 11.2 Å². The van der Waals surface area contributed by atoms with Crippen molar-refractivity contribution >= 4 is 11.8 Å². The predicted octanol–water partition coefficient (Wildman–Crippen LogP) is 4.43. The number of benzene rings is 1. The van der Waals surface area contributed by atoms with E-state index in [0.29, 0.717) is 11.3 Å². The van der Waals surface area contributed by atoms with Crippen molar-refractivity contribution in [1.29, 1.82) is 0 Å². The number of hydrogen-bond donors (Lipinski definition) is 1. The van der Waals surface area contributed by atoms with Gasteiger partial charge in [0.2, 0.25) is 0 Å². The lowest BCUT2D eigenvalue weighted by Crippen LogP contribution is -2.29.